The van der Waals surface area contributed by atoms with E-state index in [0.717, 1.165) is 12.3 Å². The molecule has 0 saturated carbocycles. The molecule has 1 aliphatic rings. The molecule has 2 aromatic heterocycles. The van der Waals surface area contributed by atoms with Gasteiger partial charge in [-0.05, 0) is 24.5 Å². The first kappa shape index (κ1) is 16.2. The van der Waals surface area contributed by atoms with E-state index in [2.05, 4.69) is 14.9 Å². The molecular formula is C16H15ClF3N3. The highest BCUT2D eigenvalue weighted by Crippen LogP contribution is 2.25. The molecule has 2 aromatic rings. The Kier molecular flexibility index (Phi) is 4.82. The van der Waals surface area contributed by atoms with Crippen molar-refractivity contribution in [2.24, 2.45) is 0 Å². The predicted octanol–water partition coefficient (Wildman–Crippen LogP) is 4.01. The third-order valence-corrected chi connectivity index (χ3v) is 4.10. The smallest absolute Gasteiger partial charge is 0.149 e. The van der Waals surface area contributed by atoms with Crippen molar-refractivity contribution in [3.05, 3.63) is 46.9 Å². The fourth-order valence-corrected chi connectivity index (χ4v) is 2.81. The van der Waals surface area contributed by atoms with Crippen LogP contribution >= 0.6 is 11.6 Å². The van der Waals surface area contributed by atoms with Gasteiger partial charge in [0, 0.05) is 38.1 Å². The fourth-order valence-electron chi connectivity index (χ4n) is 2.66. The number of halogens is 4. The summed E-state index contributed by atoms with van der Waals surface area (Å²) in [6.07, 6.45) is 2.91. The molecule has 0 radical (unpaired) electrons. The van der Waals surface area contributed by atoms with Gasteiger partial charge in [-0.25, -0.2) is 18.2 Å². The van der Waals surface area contributed by atoms with Gasteiger partial charge in [0.2, 0.25) is 0 Å². The maximum atomic E-state index is 14.3. The molecule has 0 atom stereocenters. The van der Waals surface area contributed by atoms with Gasteiger partial charge in [-0.2, -0.15) is 0 Å². The highest BCUT2D eigenvalue weighted by atomic mass is 35.5. The molecule has 0 bridgehead atoms. The Labute approximate surface area is 137 Å². The Morgan fingerprint density at radius 3 is 2.48 bits per heavy atom. The van der Waals surface area contributed by atoms with Crippen LogP contribution in [0.2, 0.25) is 5.15 Å². The van der Waals surface area contributed by atoms with Crippen molar-refractivity contribution >= 4 is 11.6 Å². The summed E-state index contributed by atoms with van der Waals surface area (Å²) in [5.41, 5.74) is 0.542. The molecule has 3 heterocycles. The molecule has 1 fully saturated rings. The first-order valence-corrected chi connectivity index (χ1v) is 7.73. The molecule has 122 valence electrons. The van der Waals surface area contributed by atoms with Crippen LogP contribution in [0, 0.1) is 11.6 Å². The van der Waals surface area contributed by atoms with Crippen LogP contribution in [0.4, 0.5) is 13.2 Å². The largest absolute Gasteiger partial charge is 0.299 e. The lowest BCUT2D eigenvalue weighted by Crippen LogP contribution is -2.33. The Morgan fingerprint density at radius 1 is 1.09 bits per heavy atom. The number of pyridine rings is 2. The van der Waals surface area contributed by atoms with E-state index in [9.17, 15) is 13.2 Å². The number of nitrogens with zero attached hydrogens (tertiary/aromatic N) is 3. The molecule has 23 heavy (non-hydrogen) atoms. The van der Waals surface area contributed by atoms with Gasteiger partial charge < -0.3 is 0 Å². The monoisotopic (exact) mass is 341 g/mol. The minimum absolute atomic E-state index is 0.000422. The Morgan fingerprint density at radius 2 is 1.83 bits per heavy atom. The van der Waals surface area contributed by atoms with Crippen LogP contribution in [0.5, 0.6) is 0 Å². The topological polar surface area (TPSA) is 29.0 Å². The third-order valence-electron chi connectivity index (χ3n) is 3.90. The van der Waals surface area contributed by atoms with Gasteiger partial charge in [0.25, 0.3) is 0 Å². The van der Waals surface area contributed by atoms with E-state index < -0.39 is 17.8 Å². The number of aromatic nitrogens is 2. The van der Waals surface area contributed by atoms with Gasteiger partial charge in [0.05, 0.1) is 5.56 Å². The van der Waals surface area contributed by atoms with Crippen molar-refractivity contribution in [2.75, 3.05) is 13.1 Å². The van der Waals surface area contributed by atoms with Crippen molar-refractivity contribution < 1.29 is 13.2 Å². The molecule has 1 aliphatic heterocycles. The summed E-state index contributed by atoms with van der Waals surface area (Å²) in [7, 11) is 0. The number of hydrogen-bond acceptors (Lipinski definition) is 3. The summed E-state index contributed by atoms with van der Waals surface area (Å²) in [5, 5.41) is -0.000422. The zero-order valence-electron chi connectivity index (χ0n) is 12.3. The number of hydrogen-bond donors (Lipinski definition) is 0. The summed E-state index contributed by atoms with van der Waals surface area (Å²) in [4.78, 5) is 9.83. The highest BCUT2D eigenvalue weighted by molar-refractivity contribution is 6.29. The van der Waals surface area contributed by atoms with Crippen LogP contribution in [0.1, 0.15) is 18.4 Å². The van der Waals surface area contributed by atoms with E-state index in [1.807, 2.05) is 0 Å². The van der Waals surface area contributed by atoms with Gasteiger partial charge in [-0.15, -0.1) is 0 Å². The number of likely N-dealkylation sites (tertiary alicyclic amines) is 1. The minimum atomic E-state index is -0.746. The molecule has 0 spiro atoms. The molecule has 0 aliphatic carbocycles. The summed E-state index contributed by atoms with van der Waals surface area (Å²) >= 11 is 5.59. The maximum Gasteiger partial charge on any atom is 0.149 e. The van der Waals surface area contributed by atoms with E-state index in [0.29, 0.717) is 38.0 Å². The van der Waals surface area contributed by atoms with E-state index >= 15 is 0 Å². The van der Waals surface area contributed by atoms with Crippen LogP contribution in [-0.4, -0.2) is 34.1 Å². The average Bonchev–Trinajstić information content (AvgIpc) is 2.51. The first-order chi connectivity index (χ1) is 11.0. The van der Waals surface area contributed by atoms with Gasteiger partial charge in [-0.3, -0.25) is 9.88 Å². The fraction of sp³-hybridized carbons (Fsp3) is 0.375. The quantitative estimate of drug-likeness (QED) is 0.790. The SMILES string of the molecule is Fc1cc(Cl)ncc1-c1ncc(CN2CCC(F)CC2)cc1F. The summed E-state index contributed by atoms with van der Waals surface area (Å²) in [6, 6.07) is 2.35. The first-order valence-electron chi connectivity index (χ1n) is 7.35. The standard InChI is InChI=1S/C16H15ClF3N3/c17-15-6-13(19)12(8-21-15)16-14(20)5-10(7-22-16)9-23-3-1-11(18)2-4-23/h5-8,11H,1-4,9H2. The zero-order valence-corrected chi connectivity index (χ0v) is 13.0. The molecule has 3 nitrogen and oxygen atoms in total. The lowest BCUT2D eigenvalue weighted by Gasteiger charge is -2.28. The van der Waals surface area contributed by atoms with Crippen molar-refractivity contribution in [3.8, 4) is 11.3 Å². The summed E-state index contributed by atoms with van der Waals surface area (Å²) in [6.45, 7) is 1.78. The molecule has 0 unspecified atom stereocenters. The molecule has 1 saturated heterocycles. The lowest BCUT2D eigenvalue weighted by atomic mass is 10.1. The van der Waals surface area contributed by atoms with E-state index in [1.165, 1.54) is 12.3 Å². The van der Waals surface area contributed by atoms with Crippen LogP contribution in [0.3, 0.4) is 0 Å². The second-order valence-corrected chi connectivity index (χ2v) is 6.00. The normalized spacial score (nSPS) is 16.7. The zero-order chi connectivity index (χ0) is 16.4. The van der Waals surface area contributed by atoms with Crippen LogP contribution in [0.15, 0.2) is 24.5 Å². The number of piperidine rings is 1. The molecule has 7 heteroatoms. The molecule has 0 amide bonds. The average molecular weight is 342 g/mol. The van der Waals surface area contributed by atoms with E-state index in [-0.39, 0.29) is 16.4 Å². The summed E-state index contributed by atoms with van der Waals surface area (Å²) < 4.78 is 41.2. The van der Waals surface area contributed by atoms with Gasteiger partial charge >= 0.3 is 0 Å². The van der Waals surface area contributed by atoms with Gasteiger partial charge in [0.1, 0.15) is 28.7 Å². The predicted molar refractivity (Wildman–Crippen MR) is 81.8 cm³/mol. The molecule has 3 rings (SSSR count). The second-order valence-electron chi connectivity index (χ2n) is 5.61. The van der Waals surface area contributed by atoms with Crippen molar-refractivity contribution in [2.45, 2.75) is 25.6 Å². The Balaban J connectivity index is 1.78. The van der Waals surface area contributed by atoms with Gasteiger partial charge in [0.15, 0.2) is 0 Å². The highest BCUT2D eigenvalue weighted by Gasteiger charge is 2.19. The van der Waals surface area contributed by atoms with Crippen LogP contribution < -0.4 is 0 Å². The lowest BCUT2D eigenvalue weighted by molar-refractivity contribution is 0.145. The van der Waals surface area contributed by atoms with E-state index in [4.69, 9.17) is 11.6 Å². The molecule has 0 N–H and O–H groups in total. The van der Waals surface area contributed by atoms with Crippen molar-refractivity contribution in [1.29, 1.82) is 0 Å². The molecule has 0 aromatic carbocycles. The van der Waals surface area contributed by atoms with Crippen LogP contribution in [0.25, 0.3) is 11.3 Å². The summed E-state index contributed by atoms with van der Waals surface area (Å²) in [5.74, 6) is -1.29. The number of alkyl halides is 1. The molecular weight excluding hydrogens is 327 g/mol. The Bertz CT molecular complexity index is 703. The van der Waals surface area contributed by atoms with Crippen molar-refractivity contribution in [3.63, 3.8) is 0 Å². The van der Waals surface area contributed by atoms with Crippen LogP contribution in [-0.2, 0) is 6.54 Å². The van der Waals surface area contributed by atoms with E-state index in [1.54, 1.807) is 0 Å². The third kappa shape index (κ3) is 3.82. The maximum absolute atomic E-state index is 14.3. The number of rotatable bonds is 3. The van der Waals surface area contributed by atoms with Gasteiger partial charge in [-0.1, -0.05) is 11.6 Å². The second kappa shape index (κ2) is 6.84. The van der Waals surface area contributed by atoms with Crippen molar-refractivity contribution in [1.82, 2.24) is 14.9 Å². The Hall–Kier alpha value is -1.66. The minimum Gasteiger partial charge on any atom is -0.299 e.